The van der Waals surface area contributed by atoms with Gasteiger partial charge in [0.25, 0.3) is 0 Å². The van der Waals surface area contributed by atoms with Gasteiger partial charge in [-0.25, -0.2) is 0 Å². The molecule has 2 nitrogen and oxygen atoms in total. The van der Waals surface area contributed by atoms with Crippen LogP contribution in [0.3, 0.4) is 0 Å². The Balaban J connectivity index is 2.45. The zero-order chi connectivity index (χ0) is 10.7. The topological polar surface area (TPSA) is 34.1 Å². The highest BCUT2D eigenvalue weighted by atomic mass is 32.1. The van der Waals surface area contributed by atoms with Crippen molar-refractivity contribution in [3.05, 3.63) is 46.8 Å². The molecule has 0 amide bonds. The lowest BCUT2D eigenvalue weighted by atomic mass is 10.1. The summed E-state index contributed by atoms with van der Waals surface area (Å²) >= 11 is 1.52. The Morgan fingerprint density at radius 2 is 1.67 bits per heavy atom. The fourth-order valence-corrected chi connectivity index (χ4v) is 2.23. The SMILES string of the molecule is O=Cc1ccc(-c2sccc2C=O)cc1. The first-order chi connectivity index (χ1) is 7.35. The maximum Gasteiger partial charge on any atom is 0.151 e. The first-order valence-corrected chi connectivity index (χ1v) is 5.31. The Labute approximate surface area is 91.2 Å². The van der Waals surface area contributed by atoms with E-state index in [0.29, 0.717) is 11.1 Å². The van der Waals surface area contributed by atoms with Crippen LogP contribution in [0.5, 0.6) is 0 Å². The standard InChI is InChI=1S/C12H8O2S/c13-7-9-1-3-10(4-2-9)12-11(8-14)5-6-15-12/h1-8H. The van der Waals surface area contributed by atoms with Gasteiger partial charge < -0.3 is 0 Å². The minimum atomic E-state index is 0.642. The second-order valence-corrected chi connectivity index (χ2v) is 3.98. The van der Waals surface area contributed by atoms with Gasteiger partial charge in [0.2, 0.25) is 0 Å². The van der Waals surface area contributed by atoms with Crippen LogP contribution in [-0.4, -0.2) is 12.6 Å². The number of thiophene rings is 1. The summed E-state index contributed by atoms with van der Waals surface area (Å²) in [5, 5.41) is 1.88. The molecule has 15 heavy (non-hydrogen) atoms. The van der Waals surface area contributed by atoms with E-state index in [1.807, 2.05) is 17.5 Å². The van der Waals surface area contributed by atoms with E-state index < -0.39 is 0 Å². The molecule has 2 aromatic rings. The number of hydrogen-bond acceptors (Lipinski definition) is 3. The van der Waals surface area contributed by atoms with Crippen LogP contribution < -0.4 is 0 Å². The van der Waals surface area contributed by atoms with Crippen molar-refractivity contribution in [2.75, 3.05) is 0 Å². The number of rotatable bonds is 3. The highest BCUT2D eigenvalue weighted by Crippen LogP contribution is 2.28. The van der Waals surface area contributed by atoms with Crippen LogP contribution in [0.15, 0.2) is 35.7 Å². The zero-order valence-corrected chi connectivity index (χ0v) is 8.66. The van der Waals surface area contributed by atoms with Crippen molar-refractivity contribution in [1.29, 1.82) is 0 Å². The monoisotopic (exact) mass is 216 g/mol. The molecule has 3 heteroatoms. The summed E-state index contributed by atoms with van der Waals surface area (Å²) < 4.78 is 0. The van der Waals surface area contributed by atoms with Crippen molar-refractivity contribution in [2.24, 2.45) is 0 Å². The van der Waals surface area contributed by atoms with Gasteiger partial charge in [0.1, 0.15) is 6.29 Å². The smallest absolute Gasteiger partial charge is 0.151 e. The molecule has 0 radical (unpaired) electrons. The Morgan fingerprint density at radius 1 is 0.933 bits per heavy atom. The minimum Gasteiger partial charge on any atom is -0.298 e. The van der Waals surface area contributed by atoms with Crippen LogP contribution in [0.25, 0.3) is 10.4 Å². The summed E-state index contributed by atoms with van der Waals surface area (Å²) in [6, 6.07) is 8.99. The molecular weight excluding hydrogens is 208 g/mol. The molecule has 0 N–H and O–H groups in total. The fraction of sp³-hybridized carbons (Fsp3) is 0. The number of hydrogen-bond donors (Lipinski definition) is 0. The van der Waals surface area contributed by atoms with Crippen LogP contribution in [0.4, 0.5) is 0 Å². The predicted octanol–water partition coefficient (Wildman–Crippen LogP) is 3.04. The Morgan fingerprint density at radius 3 is 2.27 bits per heavy atom. The molecule has 2 rings (SSSR count). The Bertz CT molecular complexity index is 483. The summed E-state index contributed by atoms with van der Waals surface area (Å²) in [4.78, 5) is 22.2. The van der Waals surface area contributed by atoms with Gasteiger partial charge >= 0.3 is 0 Å². The van der Waals surface area contributed by atoms with Gasteiger partial charge in [0, 0.05) is 16.0 Å². The molecule has 0 aliphatic carbocycles. The number of benzene rings is 1. The van der Waals surface area contributed by atoms with Crippen molar-refractivity contribution in [3.63, 3.8) is 0 Å². The highest BCUT2D eigenvalue weighted by Gasteiger charge is 2.05. The molecule has 0 aliphatic heterocycles. The normalized spacial score (nSPS) is 9.87. The lowest BCUT2D eigenvalue weighted by Crippen LogP contribution is -1.82. The average molecular weight is 216 g/mol. The van der Waals surface area contributed by atoms with Gasteiger partial charge in [-0.2, -0.15) is 0 Å². The molecule has 0 atom stereocenters. The number of carbonyl (C=O) groups excluding carboxylic acids is 2. The lowest BCUT2D eigenvalue weighted by molar-refractivity contribution is 0.111. The molecule has 0 spiro atoms. The van der Waals surface area contributed by atoms with Crippen molar-refractivity contribution in [1.82, 2.24) is 0 Å². The molecule has 74 valence electrons. The van der Waals surface area contributed by atoms with Crippen LogP contribution >= 0.6 is 11.3 Å². The van der Waals surface area contributed by atoms with Gasteiger partial charge in [0.15, 0.2) is 6.29 Å². The molecule has 0 fully saturated rings. The van der Waals surface area contributed by atoms with E-state index in [9.17, 15) is 9.59 Å². The third kappa shape index (κ3) is 1.87. The Kier molecular flexibility index (Phi) is 2.74. The lowest BCUT2D eigenvalue weighted by Gasteiger charge is -1.98. The van der Waals surface area contributed by atoms with Crippen molar-refractivity contribution in [2.45, 2.75) is 0 Å². The van der Waals surface area contributed by atoms with E-state index in [-0.39, 0.29) is 0 Å². The van der Waals surface area contributed by atoms with Crippen LogP contribution in [0.2, 0.25) is 0 Å². The van der Waals surface area contributed by atoms with Gasteiger partial charge in [-0.3, -0.25) is 9.59 Å². The summed E-state index contributed by atoms with van der Waals surface area (Å²) in [6.07, 6.45) is 1.65. The van der Waals surface area contributed by atoms with E-state index in [1.165, 1.54) is 11.3 Å². The third-order valence-corrected chi connectivity index (χ3v) is 3.11. The predicted molar refractivity (Wildman–Crippen MR) is 60.5 cm³/mol. The summed E-state index contributed by atoms with van der Waals surface area (Å²) in [5.74, 6) is 0. The molecule has 0 saturated carbocycles. The van der Waals surface area contributed by atoms with E-state index in [0.717, 1.165) is 23.0 Å². The first-order valence-electron chi connectivity index (χ1n) is 4.43. The molecule has 0 unspecified atom stereocenters. The summed E-state index contributed by atoms with van der Waals surface area (Å²) in [5.41, 5.74) is 2.31. The molecule has 1 heterocycles. The molecule has 1 aromatic carbocycles. The zero-order valence-electron chi connectivity index (χ0n) is 7.84. The molecule has 0 aliphatic rings. The fourth-order valence-electron chi connectivity index (χ4n) is 1.36. The maximum atomic E-state index is 10.7. The summed E-state index contributed by atoms with van der Waals surface area (Å²) in [7, 11) is 0. The van der Waals surface area contributed by atoms with E-state index in [2.05, 4.69) is 0 Å². The van der Waals surface area contributed by atoms with Crippen LogP contribution in [0.1, 0.15) is 20.7 Å². The summed E-state index contributed by atoms with van der Waals surface area (Å²) in [6.45, 7) is 0. The second kappa shape index (κ2) is 4.19. The number of carbonyl (C=O) groups is 2. The number of aldehydes is 2. The van der Waals surface area contributed by atoms with Gasteiger partial charge in [-0.05, 0) is 17.0 Å². The van der Waals surface area contributed by atoms with E-state index >= 15 is 0 Å². The van der Waals surface area contributed by atoms with Crippen molar-refractivity contribution in [3.8, 4) is 10.4 Å². The van der Waals surface area contributed by atoms with Crippen molar-refractivity contribution < 1.29 is 9.59 Å². The molecule has 1 aromatic heterocycles. The third-order valence-electron chi connectivity index (χ3n) is 2.13. The van der Waals surface area contributed by atoms with Crippen molar-refractivity contribution >= 4 is 23.9 Å². The van der Waals surface area contributed by atoms with Gasteiger partial charge in [0.05, 0.1) is 0 Å². The van der Waals surface area contributed by atoms with Gasteiger partial charge in [-0.1, -0.05) is 24.3 Å². The maximum absolute atomic E-state index is 10.7. The highest BCUT2D eigenvalue weighted by molar-refractivity contribution is 7.14. The van der Waals surface area contributed by atoms with E-state index in [4.69, 9.17) is 0 Å². The van der Waals surface area contributed by atoms with Crippen LogP contribution in [0, 0.1) is 0 Å². The molecule has 0 bridgehead atoms. The Hall–Kier alpha value is -1.74. The molecular formula is C12H8O2S. The molecule has 0 saturated heterocycles. The average Bonchev–Trinajstić information content (AvgIpc) is 2.77. The quantitative estimate of drug-likeness (QED) is 0.739. The van der Waals surface area contributed by atoms with Gasteiger partial charge in [-0.15, -0.1) is 11.3 Å². The minimum absolute atomic E-state index is 0.642. The van der Waals surface area contributed by atoms with Crippen LogP contribution in [-0.2, 0) is 0 Å². The van der Waals surface area contributed by atoms with E-state index in [1.54, 1.807) is 18.2 Å². The second-order valence-electron chi connectivity index (χ2n) is 3.06. The first kappa shape index (κ1) is 9.80. The largest absolute Gasteiger partial charge is 0.298 e.